The molecule has 3 N–H and O–H groups in total. The Bertz CT molecular complexity index is 164. The second kappa shape index (κ2) is 6.85. The number of rotatable bonds is 6. The summed E-state index contributed by atoms with van der Waals surface area (Å²) in [7, 11) is 0. The first-order valence-corrected chi connectivity index (χ1v) is 4.28. The molecule has 0 aliphatic heterocycles. The molecule has 0 aromatic heterocycles. The average molecular weight is 171 g/mol. The summed E-state index contributed by atoms with van der Waals surface area (Å²) < 4.78 is 0. The summed E-state index contributed by atoms with van der Waals surface area (Å²) in [5.41, 5.74) is 5.74. The number of aliphatic carboxylic acids is 1. The van der Waals surface area contributed by atoms with Crippen molar-refractivity contribution in [2.24, 2.45) is 5.73 Å². The number of hydrogen-bond donors (Lipinski definition) is 2. The number of allylic oxidation sites excluding steroid dienone is 1. The van der Waals surface area contributed by atoms with Gasteiger partial charge in [0.15, 0.2) is 0 Å². The van der Waals surface area contributed by atoms with E-state index in [1.54, 1.807) is 13.0 Å². The normalized spacial score (nSPS) is 11.7. The lowest BCUT2D eigenvalue weighted by molar-refractivity contribution is -0.132. The van der Waals surface area contributed by atoms with Gasteiger partial charge in [-0.3, -0.25) is 0 Å². The van der Waals surface area contributed by atoms with Gasteiger partial charge >= 0.3 is 5.97 Å². The Labute approximate surface area is 73.3 Å². The fraction of sp³-hybridized carbons (Fsp3) is 0.667. The lowest BCUT2D eigenvalue weighted by Gasteiger charge is -1.95. The third kappa shape index (κ3) is 5.92. The van der Waals surface area contributed by atoms with E-state index in [0.717, 1.165) is 32.2 Å². The zero-order valence-corrected chi connectivity index (χ0v) is 7.55. The molecule has 0 saturated carbocycles. The number of unbranched alkanes of at least 4 members (excludes halogenated alkanes) is 3. The minimum absolute atomic E-state index is 0.433. The van der Waals surface area contributed by atoms with Gasteiger partial charge in [-0.2, -0.15) is 0 Å². The van der Waals surface area contributed by atoms with E-state index in [1.165, 1.54) is 0 Å². The summed E-state index contributed by atoms with van der Waals surface area (Å²) in [5.74, 6) is -0.825. The number of nitrogens with two attached hydrogens (primary N) is 1. The lowest BCUT2D eigenvalue weighted by Crippen LogP contribution is -1.98. The molecule has 0 aromatic carbocycles. The third-order valence-electron chi connectivity index (χ3n) is 1.70. The van der Waals surface area contributed by atoms with Crippen LogP contribution in [0.15, 0.2) is 11.6 Å². The Morgan fingerprint density at radius 2 is 2.08 bits per heavy atom. The third-order valence-corrected chi connectivity index (χ3v) is 1.70. The highest BCUT2D eigenvalue weighted by atomic mass is 16.4. The fourth-order valence-electron chi connectivity index (χ4n) is 0.871. The first kappa shape index (κ1) is 11.2. The number of carboxylic acid groups (broad SMARTS) is 1. The van der Waals surface area contributed by atoms with Crippen molar-refractivity contribution in [3.8, 4) is 0 Å². The van der Waals surface area contributed by atoms with E-state index in [4.69, 9.17) is 10.8 Å². The molecule has 0 atom stereocenters. The van der Waals surface area contributed by atoms with Gasteiger partial charge in [0, 0.05) is 5.57 Å². The van der Waals surface area contributed by atoms with Crippen molar-refractivity contribution in [3.05, 3.63) is 11.6 Å². The molecule has 0 bridgehead atoms. The lowest BCUT2D eigenvalue weighted by atomic mass is 10.1. The van der Waals surface area contributed by atoms with Crippen LogP contribution in [-0.4, -0.2) is 17.6 Å². The van der Waals surface area contributed by atoms with Crippen molar-refractivity contribution in [1.29, 1.82) is 0 Å². The molecule has 70 valence electrons. The van der Waals surface area contributed by atoms with E-state index in [1.807, 2.05) is 0 Å². The quantitative estimate of drug-likeness (QED) is 0.470. The average Bonchev–Trinajstić information content (AvgIpc) is 2.03. The van der Waals surface area contributed by atoms with Gasteiger partial charge in [0.2, 0.25) is 0 Å². The van der Waals surface area contributed by atoms with Gasteiger partial charge in [0.05, 0.1) is 0 Å². The van der Waals surface area contributed by atoms with Crippen molar-refractivity contribution in [3.63, 3.8) is 0 Å². The van der Waals surface area contributed by atoms with Crippen LogP contribution in [0.3, 0.4) is 0 Å². The number of hydrogen-bond acceptors (Lipinski definition) is 2. The molecule has 0 spiro atoms. The monoisotopic (exact) mass is 171 g/mol. The van der Waals surface area contributed by atoms with Gasteiger partial charge in [0.25, 0.3) is 0 Å². The van der Waals surface area contributed by atoms with Crippen LogP contribution in [0.5, 0.6) is 0 Å². The Balaban J connectivity index is 3.40. The second-order valence-corrected chi connectivity index (χ2v) is 2.83. The predicted octanol–water partition coefficient (Wildman–Crippen LogP) is 1.54. The van der Waals surface area contributed by atoms with E-state index in [0.29, 0.717) is 5.57 Å². The zero-order valence-electron chi connectivity index (χ0n) is 7.55. The summed E-state index contributed by atoms with van der Waals surface area (Å²) in [6, 6.07) is 0. The second-order valence-electron chi connectivity index (χ2n) is 2.83. The standard InChI is InChI=1S/C9H17NO2/c1-8(9(11)12)6-4-2-3-5-7-10/h6H,2-5,7,10H2,1H3,(H,11,12)/b8-6+. The van der Waals surface area contributed by atoms with Crippen LogP contribution >= 0.6 is 0 Å². The molecule has 0 aromatic rings. The van der Waals surface area contributed by atoms with Crippen molar-refractivity contribution in [2.75, 3.05) is 6.54 Å². The van der Waals surface area contributed by atoms with E-state index in [-0.39, 0.29) is 0 Å². The van der Waals surface area contributed by atoms with E-state index in [9.17, 15) is 4.79 Å². The Morgan fingerprint density at radius 1 is 1.42 bits per heavy atom. The Hall–Kier alpha value is -0.830. The van der Waals surface area contributed by atoms with Crippen LogP contribution < -0.4 is 5.73 Å². The molecule has 0 saturated heterocycles. The van der Waals surface area contributed by atoms with Gasteiger partial charge in [-0.25, -0.2) is 4.79 Å². The molecule has 0 unspecified atom stereocenters. The first-order chi connectivity index (χ1) is 5.68. The molecule has 0 aliphatic rings. The minimum Gasteiger partial charge on any atom is -0.478 e. The molecule has 12 heavy (non-hydrogen) atoms. The maximum absolute atomic E-state index is 10.3. The molecular weight excluding hydrogens is 154 g/mol. The summed E-state index contributed by atoms with van der Waals surface area (Å²) in [5, 5.41) is 8.50. The molecule has 0 aliphatic carbocycles. The van der Waals surface area contributed by atoms with Crippen molar-refractivity contribution < 1.29 is 9.90 Å². The zero-order chi connectivity index (χ0) is 9.40. The molecule has 0 amide bonds. The molecule has 3 heteroatoms. The van der Waals surface area contributed by atoms with E-state index in [2.05, 4.69) is 0 Å². The molecular formula is C9H17NO2. The Kier molecular flexibility index (Phi) is 6.38. The highest BCUT2D eigenvalue weighted by Crippen LogP contribution is 2.02. The van der Waals surface area contributed by atoms with Crippen LogP contribution in [0.4, 0.5) is 0 Å². The van der Waals surface area contributed by atoms with Crippen LogP contribution in [0.25, 0.3) is 0 Å². The van der Waals surface area contributed by atoms with Gasteiger partial charge in [-0.1, -0.05) is 12.5 Å². The summed E-state index contributed by atoms with van der Waals surface area (Å²) in [6.45, 7) is 2.34. The highest BCUT2D eigenvalue weighted by molar-refractivity contribution is 5.85. The molecule has 0 radical (unpaired) electrons. The van der Waals surface area contributed by atoms with Crippen LogP contribution in [-0.2, 0) is 4.79 Å². The largest absolute Gasteiger partial charge is 0.478 e. The van der Waals surface area contributed by atoms with Gasteiger partial charge in [0.1, 0.15) is 0 Å². The van der Waals surface area contributed by atoms with Crippen LogP contribution in [0.1, 0.15) is 32.6 Å². The van der Waals surface area contributed by atoms with Crippen LogP contribution in [0, 0.1) is 0 Å². The van der Waals surface area contributed by atoms with Gasteiger partial charge in [-0.05, 0) is 32.7 Å². The predicted molar refractivity (Wildman–Crippen MR) is 48.9 cm³/mol. The van der Waals surface area contributed by atoms with E-state index >= 15 is 0 Å². The van der Waals surface area contributed by atoms with Gasteiger partial charge in [-0.15, -0.1) is 0 Å². The van der Waals surface area contributed by atoms with Crippen molar-refractivity contribution in [2.45, 2.75) is 32.6 Å². The minimum atomic E-state index is -0.825. The first-order valence-electron chi connectivity index (χ1n) is 4.28. The van der Waals surface area contributed by atoms with E-state index < -0.39 is 5.97 Å². The maximum atomic E-state index is 10.3. The topological polar surface area (TPSA) is 63.3 Å². The number of carboxylic acids is 1. The van der Waals surface area contributed by atoms with Crippen molar-refractivity contribution >= 4 is 5.97 Å². The smallest absolute Gasteiger partial charge is 0.330 e. The fourth-order valence-corrected chi connectivity index (χ4v) is 0.871. The number of carbonyl (C=O) groups is 1. The molecule has 3 nitrogen and oxygen atoms in total. The van der Waals surface area contributed by atoms with Crippen LogP contribution in [0.2, 0.25) is 0 Å². The molecule has 0 rings (SSSR count). The molecule has 0 fully saturated rings. The Morgan fingerprint density at radius 3 is 2.58 bits per heavy atom. The SMILES string of the molecule is C/C(=C\CCCCCN)C(=O)O. The van der Waals surface area contributed by atoms with Crippen molar-refractivity contribution in [1.82, 2.24) is 0 Å². The molecule has 0 heterocycles. The summed E-state index contributed by atoms with van der Waals surface area (Å²) in [6.07, 6.45) is 5.75. The highest BCUT2D eigenvalue weighted by Gasteiger charge is 1.97. The summed E-state index contributed by atoms with van der Waals surface area (Å²) in [4.78, 5) is 10.3. The summed E-state index contributed by atoms with van der Waals surface area (Å²) >= 11 is 0. The maximum Gasteiger partial charge on any atom is 0.330 e. The van der Waals surface area contributed by atoms with Gasteiger partial charge < -0.3 is 10.8 Å².